The Morgan fingerprint density at radius 1 is 0.750 bits per heavy atom. The number of hydrogen-bond donors (Lipinski definition) is 0. The van der Waals surface area contributed by atoms with Crippen LogP contribution in [0.2, 0.25) is 0 Å². The Labute approximate surface area is 198 Å². The molecule has 0 atom stereocenters. The van der Waals surface area contributed by atoms with Crippen molar-refractivity contribution in [3.8, 4) is 0 Å². The average Bonchev–Trinajstić information content (AvgIpc) is 3.35. The van der Waals surface area contributed by atoms with Gasteiger partial charge in [-0.2, -0.15) is 0 Å². The summed E-state index contributed by atoms with van der Waals surface area (Å²) in [6, 6.07) is 17.0. The highest BCUT2D eigenvalue weighted by molar-refractivity contribution is 7.16. The highest BCUT2D eigenvalue weighted by Crippen LogP contribution is 2.18. The fourth-order valence-electron chi connectivity index (χ4n) is 4.44. The summed E-state index contributed by atoms with van der Waals surface area (Å²) in [5, 5.41) is 9.41. The lowest BCUT2D eigenvalue weighted by Crippen LogP contribution is -2.48. The van der Waals surface area contributed by atoms with Crippen LogP contribution >= 0.6 is 22.7 Å². The van der Waals surface area contributed by atoms with Gasteiger partial charge in [0.1, 0.15) is 0 Å². The molecule has 4 rings (SSSR count). The van der Waals surface area contributed by atoms with Gasteiger partial charge in [-0.25, -0.2) is 0 Å². The molecule has 2 aromatic carbocycles. The number of hydrogen-bond acceptors (Lipinski definition) is 4. The van der Waals surface area contributed by atoms with Crippen molar-refractivity contribution in [3.63, 3.8) is 0 Å². The molecule has 5 nitrogen and oxygen atoms in total. The summed E-state index contributed by atoms with van der Waals surface area (Å²) in [6.07, 6.45) is 2.39. The summed E-state index contributed by atoms with van der Waals surface area (Å²) in [6.45, 7) is 12.8. The van der Waals surface area contributed by atoms with E-state index in [1.807, 2.05) is 0 Å². The van der Waals surface area contributed by atoms with E-state index in [9.17, 15) is 0 Å². The molecule has 0 spiro atoms. The third-order valence-electron chi connectivity index (χ3n) is 6.80. The third kappa shape index (κ3) is 4.60. The molecule has 0 aliphatic carbocycles. The molecule has 0 amide bonds. The van der Waals surface area contributed by atoms with E-state index < -0.39 is 0 Å². The number of aryl methyl sites for hydroxylation is 2. The van der Waals surface area contributed by atoms with E-state index in [1.165, 1.54) is 57.5 Å². The smallest absolute Gasteiger partial charge is 0.211 e. The van der Waals surface area contributed by atoms with Gasteiger partial charge in [-0.15, -0.1) is 10.2 Å². The van der Waals surface area contributed by atoms with E-state index in [-0.39, 0.29) is 0 Å². The third-order valence-corrected chi connectivity index (χ3v) is 8.95. The predicted molar refractivity (Wildman–Crippen MR) is 138 cm³/mol. The molecule has 2 heterocycles. The largest absolute Gasteiger partial charge is 0.324 e. The van der Waals surface area contributed by atoms with Crippen LogP contribution in [0, 0.1) is 0 Å². The van der Waals surface area contributed by atoms with Gasteiger partial charge in [-0.3, -0.25) is 0 Å². The van der Waals surface area contributed by atoms with Crippen LogP contribution in [0.15, 0.2) is 58.7 Å². The molecular formula is C25H34N5S2+. The molecule has 0 saturated carbocycles. The summed E-state index contributed by atoms with van der Waals surface area (Å²) in [4.78, 5) is 1.90. The molecule has 0 N–H and O–H groups in total. The van der Waals surface area contributed by atoms with Crippen molar-refractivity contribution < 1.29 is 4.48 Å². The van der Waals surface area contributed by atoms with E-state index >= 15 is 0 Å². The minimum absolute atomic E-state index is 0.922. The quantitative estimate of drug-likeness (QED) is 0.181. The maximum Gasteiger partial charge on any atom is 0.211 e. The van der Waals surface area contributed by atoms with Gasteiger partial charge in [0.15, 0.2) is 0 Å². The number of para-hydroxylation sites is 2. The molecule has 0 unspecified atom stereocenters. The van der Waals surface area contributed by atoms with E-state index in [4.69, 9.17) is 5.10 Å². The van der Waals surface area contributed by atoms with E-state index in [0.29, 0.717) is 0 Å². The number of thiazole rings is 2. The molecule has 4 aromatic rings. The first-order valence-corrected chi connectivity index (χ1v) is 13.3. The Bertz CT molecular complexity index is 1310. The van der Waals surface area contributed by atoms with Crippen molar-refractivity contribution in [1.82, 2.24) is 9.13 Å². The van der Waals surface area contributed by atoms with Gasteiger partial charge < -0.3 is 13.6 Å². The Kier molecular flexibility index (Phi) is 7.28. The minimum Gasteiger partial charge on any atom is -0.324 e. The average molecular weight is 469 g/mol. The fraction of sp³-hybridized carbons (Fsp3) is 0.440. The van der Waals surface area contributed by atoms with Crippen molar-refractivity contribution in [1.29, 1.82) is 0 Å². The normalized spacial score (nSPS) is 13.6. The fourth-order valence-corrected chi connectivity index (χ4v) is 6.42. The number of quaternary nitrogens is 1. The van der Waals surface area contributed by atoms with Crippen molar-refractivity contribution in [2.45, 2.75) is 40.2 Å². The van der Waals surface area contributed by atoms with Gasteiger partial charge in [0.05, 0.1) is 46.6 Å². The van der Waals surface area contributed by atoms with Crippen LogP contribution in [0.3, 0.4) is 0 Å². The van der Waals surface area contributed by atoms with Crippen LogP contribution in [-0.4, -0.2) is 39.8 Å². The van der Waals surface area contributed by atoms with Crippen LogP contribution in [0.4, 0.5) is 0 Å². The predicted octanol–water partition coefficient (Wildman–Crippen LogP) is 5.33. The van der Waals surface area contributed by atoms with Gasteiger partial charge in [0.25, 0.3) is 0 Å². The van der Waals surface area contributed by atoms with Gasteiger partial charge in [0.2, 0.25) is 9.60 Å². The molecule has 0 bridgehead atoms. The van der Waals surface area contributed by atoms with Crippen LogP contribution in [-0.2, 0) is 13.6 Å². The lowest BCUT2D eigenvalue weighted by atomic mass is 10.2. The molecule has 0 saturated heterocycles. The molecule has 0 radical (unpaired) electrons. The highest BCUT2D eigenvalue weighted by Gasteiger charge is 2.19. The molecule has 0 fully saturated rings. The van der Waals surface area contributed by atoms with Crippen LogP contribution in [0.25, 0.3) is 20.4 Å². The summed E-state index contributed by atoms with van der Waals surface area (Å²) >= 11 is 3.41. The maximum atomic E-state index is 4.74. The lowest BCUT2D eigenvalue weighted by Gasteiger charge is -2.35. The first kappa shape index (κ1) is 23.0. The molecule has 2 aromatic heterocycles. The first-order valence-electron chi connectivity index (χ1n) is 11.7. The van der Waals surface area contributed by atoms with Gasteiger partial charge in [-0.05, 0) is 57.9 Å². The topological polar surface area (TPSA) is 34.6 Å². The second-order valence-electron chi connectivity index (χ2n) is 8.34. The molecule has 7 heteroatoms. The van der Waals surface area contributed by atoms with Crippen molar-refractivity contribution in [2.24, 2.45) is 17.3 Å². The van der Waals surface area contributed by atoms with Crippen molar-refractivity contribution >= 4 is 43.1 Å². The second kappa shape index (κ2) is 10.1. The zero-order valence-corrected chi connectivity index (χ0v) is 21.3. The molecule has 32 heavy (non-hydrogen) atoms. The second-order valence-corrected chi connectivity index (χ2v) is 10.4. The van der Waals surface area contributed by atoms with Gasteiger partial charge >= 0.3 is 0 Å². The van der Waals surface area contributed by atoms with Crippen molar-refractivity contribution in [2.75, 3.05) is 26.2 Å². The minimum atomic E-state index is 0.922. The highest BCUT2D eigenvalue weighted by atomic mass is 32.1. The Hall–Kier alpha value is -2.22. The number of unbranched alkanes of at least 4 members (excludes halogenated alkanes) is 1. The van der Waals surface area contributed by atoms with Gasteiger partial charge in [-0.1, -0.05) is 46.9 Å². The summed E-state index contributed by atoms with van der Waals surface area (Å²) in [5.41, 5.74) is 2.45. The first-order chi connectivity index (χ1) is 15.6. The summed E-state index contributed by atoms with van der Waals surface area (Å²) in [5.74, 6) is 0. The van der Waals surface area contributed by atoms with Crippen LogP contribution < -0.4 is 9.60 Å². The number of nitrogens with zero attached hydrogens (tertiary/aromatic N) is 5. The lowest BCUT2D eigenvalue weighted by molar-refractivity contribution is -0.923. The summed E-state index contributed by atoms with van der Waals surface area (Å²) in [7, 11) is 2.06. The number of fused-ring (bicyclic) bond motifs is 2. The monoisotopic (exact) mass is 468 g/mol. The van der Waals surface area contributed by atoms with E-state index in [1.54, 1.807) is 22.7 Å². The number of benzene rings is 2. The molecular weight excluding hydrogens is 434 g/mol. The van der Waals surface area contributed by atoms with Crippen molar-refractivity contribution in [3.05, 3.63) is 58.1 Å². The Morgan fingerprint density at radius 2 is 1.31 bits per heavy atom. The van der Waals surface area contributed by atoms with Gasteiger partial charge in [0, 0.05) is 13.6 Å². The Morgan fingerprint density at radius 3 is 1.97 bits per heavy atom. The zero-order chi connectivity index (χ0) is 22.6. The Balaban J connectivity index is 1.64. The van der Waals surface area contributed by atoms with E-state index in [0.717, 1.165) is 22.6 Å². The zero-order valence-electron chi connectivity index (χ0n) is 19.6. The number of rotatable bonds is 9. The summed E-state index contributed by atoms with van der Waals surface area (Å²) < 4.78 is 8.19. The van der Waals surface area contributed by atoms with E-state index in [2.05, 4.69) is 90.6 Å². The molecule has 0 aliphatic heterocycles. The van der Waals surface area contributed by atoms with Crippen LogP contribution in [0.5, 0.6) is 0 Å². The standard InChI is InChI=1S/C25H34N5S2/c1-5-30(6-2,7-3)19-13-12-18-29-21-15-9-11-17-23(21)32-25(29)27-26-24-28(4)20-14-8-10-16-22(20)31-24/h8-11,14-17H,5-7,12-13,18-19H2,1-4H3/q+1/b26-24-,27-25+. The number of aromatic nitrogens is 2. The molecule has 170 valence electrons. The SMILES string of the molecule is CC[N+](CC)(CC)CCCCn1/c(=N\N=c2/sc3ccccc3n2C)sc2ccccc21. The molecule has 0 aliphatic rings. The maximum absolute atomic E-state index is 4.74. The van der Waals surface area contributed by atoms with Crippen LogP contribution in [0.1, 0.15) is 33.6 Å².